The Morgan fingerprint density at radius 3 is 2.59 bits per heavy atom. The molecule has 1 heterocycles. The Hall–Kier alpha value is -2.13. The third kappa shape index (κ3) is 3.55. The van der Waals surface area contributed by atoms with Gasteiger partial charge in [0.2, 0.25) is 0 Å². The summed E-state index contributed by atoms with van der Waals surface area (Å²) in [4.78, 5) is 14.8. The van der Waals surface area contributed by atoms with E-state index in [-0.39, 0.29) is 5.91 Å². The third-order valence-corrected chi connectivity index (χ3v) is 4.11. The van der Waals surface area contributed by atoms with Crippen molar-refractivity contribution < 1.29 is 4.79 Å². The highest BCUT2D eigenvalue weighted by atomic mass is 16.2. The van der Waals surface area contributed by atoms with E-state index in [1.807, 2.05) is 41.3 Å². The molecule has 0 bridgehead atoms. The molecule has 0 radical (unpaired) electrons. The first-order valence-electron chi connectivity index (χ1n) is 7.96. The van der Waals surface area contributed by atoms with Crippen molar-refractivity contribution in [2.75, 3.05) is 26.2 Å². The van der Waals surface area contributed by atoms with E-state index < -0.39 is 0 Å². The molecule has 22 heavy (non-hydrogen) atoms. The molecule has 2 aromatic carbocycles. The molecule has 0 spiro atoms. The first-order valence-corrected chi connectivity index (χ1v) is 7.96. The zero-order valence-corrected chi connectivity index (χ0v) is 12.8. The highest BCUT2D eigenvalue weighted by Gasteiger charge is 2.19. The molecule has 2 aromatic rings. The minimum atomic E-state index is 0.162. The summed E-state index contributed by atoms with van der Waals surface area (Å²) >= 11 is 0. The van der Waals surface area contributed by atoms with Gasteiger partial charge in [-0.05, 0) is 36.6 Å². The summed E-state index contributed by atoms with van der Waals surface area (Å²) in [5.41, 5.74) is 3.18. The number of carbonyl (C=O) groups is 1. The molecular formula is C19H22N2O. The van der Waals surface area contributed by atoms with Crippen LogP contribution in [0.15, 0.2) is 54.6 Å². The second kappa shape index (κ2) is 7.23. The van der Waals surface area contributed by atoms with Crippen molar-refractivity contribution in [3.05, 3.63) is 71.3 Å². The van der Waals surface area contributed by atoms with Crippen LogP contribution >= 0.6 is 0 Å². The second-order valence-corrected chi connectivity index (χ2v) is 5.72. The Balaban J connectivity index is 1.82. The van der Waals surface area contributed by atoms with Crippen LogP contribution in [-0.4, -0.2) is 37.0 Å². The molecule has 0 atom stereocenters. The lowest BCUT2D eigenvalue weighted by atomic mass is 9.99. The lowest BCUT2D eigenvalue weighted by molar-refractivity contribution is 0.0765. The van der Waals surface area contributed by atoms with Crippen molar-refractivity contribution in [1.29, 1.82) is 0 Å². The first kappa shape index (κ1) is 14.8. The van der Waals surface area contributed by atoms with Gasteiger partial charge in [-0.25, -0.2) is 0 Å². The molecule has 0 aromatic heterocycles. The SMILES string of the molecule is O=C(c1ccccc1Cc1ccccc1)N1CCCNCC1. The maximum absolute atomic E-state index is 12.9. The molecule has 1 aliphatic heterocycles. The molecule has 114 valence electrons. The van der Waals surface area contributed by atoms with Gasteiger partial charge in [-0.3, -0.25) is 4.79 Å². The van der Waals surface area contributed by atoms with Gasteiger partial charge in [0.1, 0.15) is 0 Å². The van der Waals surface area contributed by atoms with Crippen LogP contribution in [0, 0.1) is 0 Å². The number of hydrogen-bond acceptors (Lipinski definition) is 2. The van der Waals surface area contributed by atoms with E-state index in [0.717, 1.165) is 50.1 Å². The zero-order chi connectivity index (χ0) is 15.2. The van der Waals surface area contributed by atoms with Crippen molar-refractivity contribution in [2.45, 2.75) is 12.8 Å². The number of benzene rings is 2. The Kier molecular flexibility index (Phi) is 4.86. The molecule has 0 aliphatic carbocycles. The number of amides is 1. The van der Waals surface area contributed by atoms with E-state index in [9.17, 15) is 4.79 Å². The van der Waals surface area contributed by atoms with Crippen molar-refractivity contribution >= 4 is 5.91 Å². The number of nitrogens with one attached hydrogen (secondary N) is 1. The van der Waals surface area contributed by atoms with E-state index >= 15 is 0 Å². The Morgan fingerprint density at radius 2 is 1.73 bits per heavy atom. The maximum Gasteiger partial charge on any atom is 0.254 e. The molecule has 1 aliphatic rings. The summed E-state index contributed by atoms with van der Waals surface area (Å²) in [6.07, 6.45) is 1.82. The largest absolute Gasteiger partial charge is 0.337 e. The summed E-state index contributed by atoms with van der Waals surface area (Å²) in [5, 5.41) is 3.34. The van der Waals surface area contributed by atoms with E-state index in [0.29, 0.717) is 0 Å². The van der Waals surface area contributed by atoms with Gasteiger partial charge in [0, 0.05) is 25.2 Å². The Bertz CT molecular complexity index is 616. The molecule has 1 saturated heterocycles. The van der Waals surface area contributed by atoms with E-state index in [1.54, 1.807) is 0 Å². The number of hydrogen-bond donors (Lipinski definition) is 1. The Morgan fingerprint density at radius 1 is 0.955 bits per heavy atom. The van der Waals surface area contributed by atoms with Crippen LogP contribution in [-0.2, 0) is 6.42 Å². The lowest BCUT2D eigenvalue weighted by Crippen LogP contribution is -2.34. The van der Waals surface area contributed by atoms with Crippen LogP contribution in [0.4, 0.5) is 0 Å². The molecule has 1 fully saturated rings. The van der Waals surface area contributed by atoms with Gasteiger partial charge in [-0.2, -0.15) is 0 Å². The number of rotatable bonds is 3. The summed E-state index contributed by atoms with van der Waals surface area (Å²) < 4.78 is 0. The fourth-order valence-corrected chi connectivity index (χ4v) is 2.92. The topological polar surface area (TPSA) is 32.3 Å². The van der Waals surface area contributed by atoms with Gasteiger partial charge in [0.25, 0.3) is 5.91 Å². The van der Waals surface area contributed by atoms with Crippen LogP contribution in [0.2, 0.25) is 0 Å². The van der Waals surface area contributed by atoms with Gasteiger partial charge in [-0.1, -0.05) is 48.5 Å². The molecule has 1 amide bonds. The fraction of sp³-hybridized carbons (Fsp3) is 0.316. The predicted octanol–water partition coefficient (Wildman–Crippen LogP) is 2.71. The average molecular weight is 294 g/mol. The van der Waals surface area contributed by atoms with E-state index in [4.69, 9.17) is 0 Å². The van der Waals surface area contributed by atoms with Gasteiger partial charge in [0.15, 0.2) is 0 Å². The standard InChI is InChI=1S/C19H22N2O/c22-19(21-13-6-11-20-12-14-21)18-10-5-4-9-17(18)15-16-7-2-1-3-8-16/h1-5,7-10,20H,6,11-15H2. The summed E-state index contributed by atoms with van der Waals surface area (Å²) in [6.45, 7) is 3.51. The second-order valence-electron chi connectivity index (χ2n) is 5.72. The molecule has 1 N–H and O–H groups in total. The van der Waals surface area contributed by atoms with Gasteiger partial charge >= 0.3 is 0 Å². The van der Waals surface area contributed by atoms with Crippen LogP contribution in [0.25, 0.3) is 0 Å². The predicted molar refractivity (Wildman–Crippen MR) is 89.1 cm³/mol. The average Bonchev–Trinajstić information content (AvgIpc) is 2.85. The molecule has 3 rings (SSSR count). The molecule has 3 heteroatoms. The van der Waals surface area contributed by atoms with Gasteiger partial charge in [0.05, 0.1) is 0 Å². The van der Waals surface area contributed by atoms with Crippen LogP contribution in [0.3, 0.4) is 0 Å². The van der Waals surface area contributed by atoms with Crippen molar-refractivity contribution in [3.63, 3.8) is 0 Å². The number of nitrogens with zero attached hydrogens (tertiary/aromatic N) is 1. The number of carbonyl (C=O) groups excluding carboxylic acids is 1. The quantitative estimate of drug-likeness (QED) is 0.944. The fourth-order valence-electron chi connectivity index (χ4n) is 2.92. The van der Waals surface area contributed by atoms with Crippen molar-refractivity contribution in [3.8, 4) is 0 Å². The third-order valence-electron chi connectivity index (χ3n) is 4.11. The Labute approximate surface area is 132 Å². The maximum atomic E-state index is 12.9. The minimum Gasteiger partial charge on any atom is -0.337 e. The molecular weight excluding hydrogens is 272 g/mol. The molecule has 0 saturated carbocycles. The normalized spacial score (nSPS) is 15.4. The van der Waals surface area contributed by atoms with Gasteiger partial charge in [-0.15, -0.1) is 0 Å². The molecule has 0 unspecified atom stereocenters. The zero-order valence-electron chi connectivity index (χ0n) is 12.8. The van der Waals surface area contributed by atoms with Crippen molar-refractivity contribution in [2.24, 2.45) is 0 Å². The molecule has 3 nitrogen and oxygen atoms in total. The van der Waals surface area contributed by atoms with Crippen LogP contribution in [0.1, 0.15) is 27.9 Å². The highest BCUT2D eigenvalue weighted by molar-refractivity contribution is 5.95. The monoisotopic (exact) mass is 294 g/mol. The van der Waals surface area contributed by atoms with Crippen molar-refractivity contribution in [1.82, 2.24) is 10.2 Å². The minimum absolute atomic E-state index is 0.162. The van der Waals surface area contributed by atoms with Crippen LogP contribution < -0.4 is 5.32 Å². The summed E-state index contributed by atoms with van der Waals surface area (Å²) in [7, 11) is 0. The van der Waals surface area contributed by atoms with Gasteiger partial charge < -0.3 is 10.2 Å². The lowest BCUT2D eigenvalue weighted by Gasteiger charge is -2.21. The van der Waals surface area contributed by atoms with Crippen LogP contribution in [0.5, 0.6) is 0 Å². The summed E-state index contributed by atoms with van der Waals surface area (Å²) in [6, 6.07) is 18.3. The van der Waals surface area contributed by atoms with E-state index in [2.05, 4.69) is 23.5 Å². The first-order chi connectivity index (χ1) is 10.8. The van der Waals surface area contributed by atoms with E-state index in [1.165, 1.54) is 5.56 Å². The summed E-state index contributed by atoms with van der Waals surface area (Å²) in [5.74, 6) is 0.162. The smallest absolute Gasteiger partial charge is 0.254 e. The highest BCUT2D eigenvalue weighted by Crippen LogP contribution is 2.17.